The van der Waals surface area contributed by atoms with Crippen LogP contribution in [0.25, 0.3) is 17.1 Å². The van der Waals surface area contributed by atoms with Crippen LogP contribution in [0.15, 0.2) is 35.8 Å². The van der Waals surface area contributed by atoms with Crippen LogP contribution in [-0.2, 0) is 0 Å². The van der Waals surface area contributed by atoms with Crippen molar-refractivity contribution in [1.82, 2.24) is 25.6 Å². The van der Waals surface area contributed by atoms with Gasteiger partial charge in [-0.2, -0.15) is 5.21 Å². The number of nitrogens with one attached hydrogen (secondary N) is 1. The second-order valence-electron chi connectivity index (χ2n) is 3.99. The van der Waals surface area contributed by atoms with Gasteiger partial charge in [0.2, 0.25) is 5.82 Å². The van der Waals surface area contributed by atoms with Crippen LogP contribution in [0.2, 0.25) is 0 Å². The minimum absolute atomic E-state index is 0.528. The van der Waals surface area contributed by atoms with E-state index in [9.17, 15) is 0 Å². The van der Waals surface area contributed by atoms with E-state index in [0.717, 1.165) is 29.1 Å². The molecule has 2 aromatic rings. The fraction of sp³-hybridized carbons (Fsp3) is 0.167. The highest BCUT2D eigenvalue weighted by molar-refractivity contribution is 7.11. The Morgan fingerprint density at radius 2 is 2.28 bits per heavy atom. The molecule has 18 heavy (non-hydrogen) atoms. The lowest BCUT2D eigenvalue weighted by atomic mass is 10.1. The first kappa shape index (κ1) is 11.0. The zero-order valence-corrected chi connectivity index (χ0v) is 10.4. The summed E-state index contributed by atoms with van der Waals surface area (Å²) < 4.78 is 0. The Hall–Kier alpha value is -2.08. The van der Waals surface area contributed by atoms with Crippen LogP contribution in [0.4, 0.5) is 0 Å². The molecular formula is C12H11N5S. The minimum Gasteiger partial charge on any atom is -0.233 e. The maximum atomic E-state index is 4.53. The van der Waals surface area contributed by atoms with Crippen LogP contribution >= 0.6 is 11.3 Å². The molecule has 0 aliphatic heterocycles. The van der Waals surface area contributed by atoms with E-state index in [-0.39, 0.29) is 0 Å². The number of thiazole rings is 1. The topological polar surface area (TPSA) is 67.3 Å². The first-order valence-corrected chi connectivity index (χ1v) is 6.44. The van der Waals surface area contributed by atoms with E-state index in [1.165, 1.54) is 5.57 Å². The molecule has 0 spiro atoms. The first-order valence-electron chi connectivity index (χ1n) is 5.56. The highest BCUT2D eigenvalue weighted by Gasteiger charge is 2.11. The van der Waals surface area contributed by atoms with E-state index < -0.39 is 0 Å². The van der Waals surface area contributed by atoms with Gasteiger partial charge in [0.25, 0.3) is 0 Å². The predicted molar refractivity (Wildman–Crippen MR) is 70.8 cm³/mol. The van der Waals surface area contributed by atoms with Crippen molar-refractivity contribution < 1.29 is 0 Å². The smallest absolute Gasteiger partial charge is 0.223 e. The van der Waals surface area contributed by atoms with E-state index >= 15 is 0 Å². The van der Waals surface area contributed by atoms with E-state index in [4.69, 9.17) is 0 Å². The standard InChI is InChI=1S/C12H11N5S/c1-8-3-2-4-9(6-5-8)12-13-10(7-18-12)11-14-16-17-15-11/h2,4,6-7H,1,3,5H2,(H,14,15,16,17). The molecule has 0 amide bonds. The molecule has 0 atom stereocenters. The number of aromatic amines is 1. The molecule has 3 rings (SSSR count). The summed E-state index contributed by atoms with van der Waals surface area (Å²) in [4.78, 5) is 4.53. The van der Waals surface area contributed by atoms with Crippen molar-refractivity contribution in [2.45, 2.75) is 12.8 Å². The largest absolute Gasteiger partial charge is 0.233 e. The van der Waals surface area contributed by atoms with Crippen molar-refractivity contribution in [1.29, 1.82) is 0 Å². The molecule has 5 nitrogen and oxygen atoms in total. The number of rotatable bonds is 2. The van der Waals surface area contributed by atoms with E-state index in [2.05, 4.69) is 50.4 Å². The maximum absolute atomic E-state index is 4.53. The van der Waals surface area contributed by atoms with Gasteiger partial charge < -0.3 is 0 Å². The monoisotopic (exact) mass is 257 g/mol. The van der Waals surface area contributed by atoms with Crippen molar-refractivity contribution in [3.63, 3.8) is 0 Å². The lowest BCUT2D eigenvalue weighted by Gasteiger charge is -1.95. The highest BCUT2D eigenvalue weighted by atomic mass is 32.1. The summed E-state index contributed by atoms with van der Waals surface area (Å²) in [6.07, 6.45) is 8.21. The van der Waals surface area contributed by atoms with Crippen molar-refractivity contribution in [2.24, 2.45) is 0 Å². The molecule has 0 bridgehead atoms. The van der Waals surface area contributed by atoms with Gasteiger partial charge in [-0.25, -0.2) is 4.98 Å². The fourth-order valence-corrected chi connectivity index (χ4v) is 2.52. The number of tetrazole rings is 1. The maximum Gasteiger partial charge on any atom is 0.223 e. The van der Waals surface area contributed by atoms with E-state index in [1.807, 2.05) is 5.38 Å². The average molecular weight is 257 g/mol. The molecule has 0 aromatic carbocycles. The Balaban J connectivity index is 1.91. The zero-order valence-electron chi connectivity index (χ0n) is 9.63. The Morgan fingerprint density at radius 3 is 3.11 bits per heavy atom. The lowest BCUT2D eigenvalue weighted by molar-refractivity contribution is 0.881. The van der Waals surface area contributed by atoms with Gasteiger partial charge >= 0.3 is 0 Å². The second kappa shape index (κ2) is 4.66. The molecule has 1 N–H and O–H groups in total. The number of hydrogen-bond donors (Lipinski definition) is 1. The summed E-state index contributed by atoms with van der Waals surface area (Å²) in [7, 11) is 0. The summed E-state index contributed by atoms with van der Waals surface area (Å²) in [5.74, 6) is 0.528. The number of hydrogen-bond acceptors (Lipinski definition) is 5. The van der Waals surface area contributed by atoms with Crippen LogP contribution in [0.1, 0.15) is 17.8 Å². The second-order valence-corrected chi connectivity index (χ2v) is 4.85. The van der Waals surface area contributed by atoms with Gasteiger partial charge in [0, 0.05) is 11.0 Å². The van der Waals surface area contributed by atoms with Crippen LogP contribution in [0, 0.1) is 0 Å². The van der Waals surface area contributed by atoms with Gasteiger partial charge in [-0.15, -0.1) is 21.5 Å². The van der Waals surface area contributed by atoms with Crippen LogP contribution in [-0.4, -0.2) is 25.6 Å². The molecule has 90 valence electrons. The molecule has 2 aromatic heterocycles. The first-order chi connectivity index (χ1) is 8.83. The lowest BCUT2D eigenvalue weighted by Crippen LogP contribution is -1.83. The van der Waals surface area contributed by atoms with Crippen LogP contribution in [0.3, 0.4) is 0 Å². The third-order valence-corrected chi connectivity index (χ3v) is 3.53. The predicted octanol–water partition coefficient (Wildman–Crippen LogP) is 2.61. The summed E-state index contributed by atoms with van der Waals surface area (Å²) >= 11 is 1.58. The summed E-state index contributed by atoms with van der Waals surface area (Å²) in [6, 6.07) is 0. The molecule has 0 unspecified atom stereocenters. The fourth-order valence-electron chi connectivity index (χ4n) is 1.70. The van der Waals surface area contributed by atoms with Crippen LogP contribution < -0.4 is 0 Å². The molecule has 0 radical (unpaired) electrons. The summed E-state index contributed by atoms with van der Waals surface area (Å²) in [5.41, 5.74) is 3.10. The van der Waals surface area contributed by atoms with Crippen molar-refractivity contribution in [2.75, 3.05) is 0 Å². The van der Waals surface area contributed by atoms with Gasteiger partial charge in [0.1, 0.15) is 10.7 Å². The van der Waals surface area contributed by atoms with Crippen molar-refractivity contribution >= 4 is 16.9 Å². The van der Waals surface area contributed by atoms with Gasteiger partial charge in [-0.1, -0.05) is 30.4 Å². The van der Waals surface area contributed by atoms with Crippen molar-refractivity contribution in [3.05, 3.63) is 40.8 Å². The Labute approximate surface area is 108 Å². The van der Waals surface area contributed by atoms with Crippen molar-refractivity contribution in [3.8, 4) is 11.5 Å². The minimum atomic E-state index is 0.528. The molecule has 0 saturated heterocycles. The molecule has 2 heterocycles. The normalized spacial score (nSPS) is 15.6. The Kier molecular flexibility index (Phi) is 2.85. The third-order valence-electron chi connectivity index (χ3n) is 2.64. The molecule has 1 aliphatic rings. The Morgan fingerprint density at radius 1 is 1.33 bits per heavy atom. The molecule has 0 saturated carbocycles. The van der Waals surface area contributed by atoms with Gasteiger partial charge in [-0.3, -0.25) is 0 Å². The van der Waals surface area contributed by atoms with Crippen LogP contribution in [0.5, 0.6) is 0 Å². The Bertz CT molecular complexity index is 621. The quantitative estimate of drug-likeness (QED) is 0.840. The SMILES string of the molecule is C=C1CC=CC(c2nc(-c3nn[nH]n3)cs2)=CC1. The molecule has 1 aliphatic carbocycles. The van der Waals surface area contributed by atoms with Gasteiger partial charge in [0.15, 0.2) is 0 Å². The van der Waals surface area contributed by atoms with Gasteiger partial charge in [0.05, 0.1) is 0 Å². The number of aromatic nitrogens is 5. The molecule has 0 fully saturated rings. The third kappa shape index (κ3) is 2.14. The molecule has 6 heteroatoms. The number of H-pyrrole nitrogens is 1. The van der Waals surface area contributed by atoms with Gasteiger partial charge in [-0.05, 0) is 18.1 Å². The zero-order chi connectivity index (χ0) is 12.4. The summed E-state index contributed by atoms with van der Waals surface area (Å²) in [6.45, 7) is 4.00. The average Bonchev–Trinajstić information content (AvgIpc) is 3.00. The number of allylic oxidation sites excluding steroid dienone is 5. The highest BCUT2D eigenvalue weighted by Crippen LogP contribution is 2.27. The van der Waals surface area contributed by atoms with E-state index in [0.29, 0.717) is 5.82 Å². The van der Waals surface area contributed by atoms with E-state index in [1.54, 1.807) is 11.3 Å². The molecular weight excluding hydrogens is 246 g/mol. The summed E-state index contributed by atoms with van der Waals surface area (Å²) in [5, 5.41) is 16.7. The number of nitrogens with zero attached hydrogens (tertiary/aromatic N) is 4.